The van der Waals surface area contributed by atoms with Crippen molar-refractivity contribution in [3.05, 3.63) is 40.2 Å². The number of hydrogen-bond acceptors (Lipinski definition) is 5. The molecular formula is C23H26N4O3. The highest BCUT2D eigenvalue weighted by Crippen LogP contribution is 2.58. The molecule has 2 aromatic rings. The fourth-order valence-electron chi connectivity index (χ4n) is 6.92. The van der Waals surface area contributed by atoms with Crippen LogP contribution in [0.5, 0.6) is 5.75 Å². The van der Waals surface area contributed by atoms with Crippen molar-refractivity contribution >= 4 is 22.8 Å². The summed E-state index contributed by atoms with van der Waals surface area (Å²) in [6, 6.07) is 7.02. The van der Waals surface area contributed by atoms with Crippen molar-refractivity contribution in [2.75, 3.05) is 6.54 Å². The number of benzene rings is 1. The van der Waals surface area contributed by atoms with Crippen LogP contribution in [-0.4, -0.2) is 33.6 Å². The molecule has 0 unspecified atom stereocenters. The lowest BCUT2D eigenvalue weighted by Gasteiger charge is -2.59. The van der Waals surface area contributed by atoms with Gasteiger partial charge in [0, 0.05) is 12.4 Å². The molecule has 0 atom stereocenters. The molecule has 156 valence electrons. The molecular weight excluding hydrogens is 380 g/mol. The van der Waals surface area contributed by atoms with Crippen molar-refractivity contribution in [3.63, 3.8) is 0 Å². The number of para-hydroxylation sites is 1. The molecule has 4 bridgehead atoms. The lowest BCUT2D eigenvalue weighted by atomic mass is 9.48. The van der Waals surface area contributed by atoms with Gasteiger partial charge in [0.05, 0.1) is 17.6 Å². The highest BCUT2D eigenvalue weighted by molar-refractivity contribution is 6.09. The number of nitrogens with zero attached hydrogens (tertiary/aromatic N) is 2. The quantitative estimate of drug-likeness (QED) is 0.676. The first kappa shape index (κ1) is 18.0. The molecule has 1 spiro atoms. The summed E-state index contributed by atoms with van der Waals surface area (Å²) in [5, 5.41) is 17.5. The van der Waals surface area contributed by atoms with Crippen molar-refractivity contribution < 1.29 is 9.90 Å². The summed E-state index contributed by atoms with van der Waals surface area (Å²) in [6.07, 6.45) is 6.40. The molecule has 3 N–H and O–H groups in total. The average Bonchev–Trinajstić information content (AvgIpc) is 3.14. The monoisotopic (exact) mass is 406 g/mol. The van der Waals surface area contributed by atoms with Gasteiger partial charge in [0.25, 0.3) is 11.5 Å². The van der Waals surface area contributed by atoms with Gasteiger partial charge in [-0.25, -0.2) is 0 Å². The molecule has 7 nitrogen and oxygen atoms in total. The summed E-state index contributed by atoms with van der Waals surface area (Å²) in [7, 11) is 1.61. The lowest BCUT2D eigenvalue weighted by Crippen LogP contribution is -2.66. The van der Waals surface area contributed by atoms with Crippen molar-refractivity contribution in [2.45, 2.75) is 37.6 Å². The van der Waals surface area contributed by atoms with Crippen LogP contribution in [0, 0.1) is 23.7 Å². The molecule has 4 saturated carbocycles. The molecule has 1 aliphatic heterocycles. The van der Waals surface area contributed by atoms with E-state index in [-0.39, 0.29) is 16.9 Å². The fraction of sp³-hybridized carbons (Fsp3) is 0.522. The molecule has 1 amide bonds. The maximum absolute atomic E-state index is 13.0. The van der Waals surface area contributed by atoms with E-state index < -0.39 is 11.5 Å². The number of aliphatic imine (C=N–C) groups is 1. The van der Waals surface area contributed by atoms with E-state index in [1.807, 2.05) is 0 Å². The Kier molecular flexibility index (Phi) is 3.65. The van der Waals surface area contributed by atoms with Gasteiger partial charge in [-0.3, -0.25) is 19.9 Å². The predicted molar refractivity (Wildman–Crippen MR) is 114 cm³/mol. The molecule has 5 aliphatic rings. The van der Waals surface area contributed by atoms with Crippen molar-refractivity contribution in [3.8, 4) is 5.75 Å². The van der Waals surface area contributed by atoms with Gasteiger partial charge in [0.2, 0.25) is 0 Å². The molecule has 0 radical (unpaired) electrons. The number of nitrogens with one attached hydrogen (secondary N) is 2. The number of rotatable bonds is 1. The molecule has 7 rings (SSSR count). The smallest absolute Gasteiger partial charge is 0.267 e. The van der Waals surface area contributed by atoms with Crippen LogP contribution < -0.4 is 16.2 Å². The summed E-state index contributed by atoms with van der Waals surface area (Å²) in [5.74, 6) is 2.46. The summed E-state index contributed by atoms with van der Waals surface area (Å²) < 4.78 is 1.40. The number of aryl methyl sites for hydroxylation is 1. The first-order valence-electron chi connectivity index (χ1n) is 10.9. The fourth-order valence-corrected chi connectivity index (χ4v) is 6.92. The summed E-state index contributed by atoms with van der Waals surface area (Å²) in [6.45, 7) is 0.680. The summed E-state index contributed by atoms with van der Waals surface area (Å²) in [5.41, 5.74) is -0.231. The second kappa shape index (κ2) is 6.09. The Bertz CT molecular complexity index is 1140. The zero-order valence-electron chi connectivity index (χ0n) is 17.0. The molecule has 4 fully saturated rings. The minimum Gasteiger partial charge on any atom is -0.506 e. The Morgan fingerprint density at radius 2 is 1.83 bits per heavy atom. The van der Waals surface area contributed by atoms with Crippen LogP contribution in [0.25, 0.3) is 10.9 Å². The minimum absolute atomic E-state index is 0.0492. The summed E-state index contributed by atoms with van der Waals surface area (Å²) >= 11 is 0. The number of pyridine rings is 1. The van der Waals surface area contributed by atoms with Crippen LogP contribution in [0.2, 0.25) is 0 Å². The third-order valence-electron chi connectivity index (χ3n) is 8.18. The second-order valence-corrected chi connectivity index (χ2v) is 9.69. The van der Waals surface area contributed by atoms with E-state index in [1.54, 1.807) is 31.3 Å². The van der Waals surface area contributed by atoms with Crippen molar-refractivity contribution in [1.82, 2.24) is 15.2 Å². The lowest BCUT2D eigenvalue weighted by molar-refractivity contribution is -0.0566. The van der Waals surface area contributed by atoms with Crippen molar-refractivity contribution in [2.24, 2.45) is 35.7 Å². The van der Waals surface area contributed by atoms with Crippen LogP contribution >= 0.6 is 0 Å². The third-order valence-corrected chi connectivity index (χ3v) is 8.18. The standard InChI is InChI=1S/C23H26N4O3/c1-27-17-5-3-2-4-16(17)19(28)18(21(27)30)20(29)25-22-24-11-23(26-22)14-7-12-6-13(9-14)10-15(23)8-12/h2-5,12-15,28H,6-11H2,1H3,(H2,24,25,26,29). The zero-order valence-corrected chi connectivity index (χ0v) is 17.0. The van der Waals surface area contributed by atoms with Crippen LogP contribution in [0.4, 0.5) is 0 Å². The Morgan fingerprint density at radius 1 is 1.17 bits per heavy atom. The number of aromatic nitrogens is 1. The first-order valence-corrected chi connectivity index (χ1v) is 10.9. The second-order valence-electron chi connectivity index (χ2n) is 9.69. The predicted octanol–water partition coefficient (Wildman–Crippen LogP) is 2.13. The molecule has 30 heavy (non-hydrogen) atoms. The third kappa shape index (κ3) is 2.35. The average molecular weight is 406 g/mol. The molecule has 7 heteroatoms. The first-order chi connectivity index (χ1) is 14.5. The Labute approximate surface area is 174 Å². The van der Waals surface area contributed by atoms with Gasteiger partial charge < -0.3 is 15.0 Å². The maximum Gasteiger partial charge on any atom is 0.267 e. The van der Waals surface area contributed by atoms with Gasteiger partial charge in [0.15, 0.2) is 5.96 Å². The summed E-state index contributed by atoms with van der Waals surface area (Å²) in [4.78, 5) is 30.4. The van der Waals surface area contributed by atoms with Crippen LogP contribution in [0.15, 0.2) is 34.1 Å². The maximum atomic E-state index is 13.0. The van der Waals surface area contributed by atoms with Gasteiger partial charge >= 0.3 is 0 Å². The van der Waals surface area contributed by atoms with E-state index >= 15 is 0 Å². The van der Waals surface area contributed by atoms with Crippen LogP contribution in [-0.2, 0) is 7.05 Å². The Hall–Kier alpha value is -2.83. The number of guanidine groups is 1. The van der Waals surface area contributed by atoms with Gasteiger partial charge in [-0.1, -0.05) is 12.1 Å². The van der Waals surface area contributed by atoms with Crippen LogP contribution in [0.3, 0.4) is 0 Å². The molecule has 2 heterocycles. The Morgan fingerprint density at radius 3 is 2.53 bits per heavy atom. The molecule has 1 aromatic heterocycles. The van der Waals surface area contributed by atoms with Crippen molar-refractivity contribution in [1.29, 1.82) is 0 Å². The number of hydrogen-bond donors (Lipinski definition) is 3. The van der Waals surface area contributed by atoms with E-state index in [9.17, 15) is 14.7 Å². The Balaban J connectivity index is 1.28. The number of aromatic hydroxyl groups is 1. The van der Waals surface area contributed by atoms with Crippen LogP contribution in [0.1, 0.15) is 42.5 Å². The van der Waals surface area contributed by atoms with E-state index in [0.29, 0.717) is 35.2 Å². The molecule has 4 aliphatic carbocycles. The number of carbonyl (C=O) groups is 1. The number of amides is 1. The van der Waals surface area contributed by atoms with Gasteiger partial charge in [0.1, 0.15) is 11.3 Å². The van der Waals surface area contributed by atoms with E-state index in [4.69, 9.17) is 0 Å². The van der Waals surface area contributed by atoms with Gasteiger partial charge in [-0.2, -0.15) is 0 Å². The van der Waals surface area contributed by atoms with E-state index in [2.05, 4.69) is 15.6 Å². The highest BCUT2D eigenvalue weighted by Gasteiger charge is 2.59. The topological polar surface area (TPSA) is 95.7 Å². The van der Waals surface area contributed by atoms with Gasteiger partial charge in [-0.15, -0.1) is 0 Å². The minimum atomic E-state index is -0.619. The molecule has 0 saturated heterocycles. The normalized spacial score (nSPS) is 33.7. The number of carbonyl (C=O) groups excluding carboxylic acids is 1. The SMILES string of the molecule is Cn1c(=O)c(C(=O)NC2=NCC3(N2)C2CC4CC(C2)CC3C4)c(O)c2ccccc21. The zero-order chi connectivity index (χ0) is 20.6. The molecule has 1 aromatic carbocycles. The van der Waals surface area contributed by atoms with Gasteiger partial charge in [-0.05, 0) is 67.9 Å². The number of fused-ring (bicyclic) bond motifs is 1. The van der Waals surface area contributed by atoms with E-state index in [1.165, 1.54) is 36.7 Å². The largest absolute Gasteiger partial charge is 0.506 e. The highest BCUT2D eigenvalue weighted by atomic mass is 16.3. The van der Waals surface area contributed by atoms with E-state index in [0.717, 1.165) is 11.8 Å².